The minimum Gasteiger partial charge on any atom is -0.494 e. The van der Waals surface area contributed by atoms with Crippen molar-refractivity contribution in [3.05, 3.63) is 56.4 Å². The van der Waals surface area contributed by atoms with Gasteiger partial charge in [-0.1, -0.05) is 35.0 Å². The van der Waals surface area contributed by atoms with Crippen LogP contribution in [0, 0.1) is 0 Å². The number of ether oxygens (including phenoxy) is 1. The van der Waals surface area contributed by atoms with Gasteiger partial charge in [0, 0.05) is 28.0 Å². The Balaban J connectivity index is 1.77. The van der Waals surface area contributed by atoms with Crippen molar-refractivity contribution in [1.29, 1.82) is 0 Å². The number of amides is 1. The van der Waals surface area contributed by atoms with Crippen LogP contribution >= 0.6 is 46.7 Å². The molecule has 0 atom stereocenters. The van der Waals surface area contributed by atoms with Crippen molar-refractivity contribution in [3.63, 3.8) is 0 Å². The average Bonchev–Trinajstić information content (AvgIpc) is 3.24. The zero-order chi connectivity index (χ0) is 21.4. The molecule has 5 nitrogen and oxygen atoms in total. The van der Waals surface area contributed by atoms with Crippen LogP contribution in [0.5, 0.6) is 5.75 Å². The minimum absolute atomic E-state index is 0.0536. The van der Waals surface area contributed by atoms with Crippen molar-refractivity contribution in [1.82, 2.24) is 4.90 Å². The summed E-state index contributed by atoms with van der Waals surface area (Å²) < 4.78 is 5.41. The number of halogens is 2. The molecule has 0 bridgehead atoms. The van der Waals surface area contributed by atoms with Gasteiger partial charge in [-0.25, -0.2) is 4.99 Å². The third-order valence-electron chi connectivity index (χ3n) is 4.71. The number of anilines is 1. The Morgan fingerprint density at radius 1 is 1.00 bits per heavy atom. The average molecular weight is 480 g/mol. The van der Waals surface area contributed by atoms with Crippen molar-refractivity contribution >= 4 is 69.2 Å². The summed E-state index contributed by atoms with van der Waals surface area (Å²) in [7, 11) is 1.58. The Kier molecular flexibility index (Phi) is 6.25. The first-order chi connectivity index (χ1) is 14.5. The monoisotopic (exact) mass is 479 g/mol. The lowest BCUT2D eigenvalue weighted by Crippen LogP contribution is -2.29. The van der Waals surface area contributed by atoms with Gasteiger partial charge in [0.2, 0.25) is 0 Å². The van der Waals surface area contributed by atoms with E-state index in [9.17, 15) is 4.79 Å². The SMILES string of the molecule is CCN1C(=O)C(=C2Sc3ccc(Cl)cc3N2CC)SC1=Nc1cc(Cl)ccc1OC. The molecule has 2 aliphatic rings. The molecule has 1 amide bonds. The lowest BCUT2D eigenvalue weighted by Gasteiger charge is -2.19. The summed E-state index contributed by atoms with van der Waals surface area (Å²) in [6.45, 7) is 5.24. The third-order valence-corrected chi connectivity index (χ3v) is 7.56. The summed E-state index contributed by atoms with van der Waals surface area (Å²) in [4.78, 5) is 23.5. The van der Waals surface area contributed by atoms with E-state index in [1.54, 1.807) is 42.0 Å². The second kappa shape index (κ2) is 8.75. The maximum atomic E-state index is 13.3. The molecule has 2 aromatic carbocycles. The highest BCUT2D eigenvalue weighted by molar-refractivity contribution is 8.19. The lowest BCUT2D eigenvalue weighted by molar-refractivity contribution is -0.122. The predicted molar refractivity (Wildman–Crippen MR) is 127 cm³/mol. The fourth-order valence-corrected chi connectivity index (χ4v) is 6.05. The van der Waals surface area contributed by atoms with Gasteiger partial charge in [0.05, 0.1) is 12.8 Å². The summed E-state index contributed by atoms with van der Waals surface area (Å²) in [5.41, 5.74) is 1.61. The number of hydrogen-bond acceptors (Lipinski definition) is 6. The normalized spacial score (nSPS) is 19.8. The number of rotatable bonds is 4. The smallest absolute Gasteiger partial charge is 0.269 e. The van der Waals surface area contributed by atoms with Gasteiger partial charge < -0.3 is 9.64 Å². The van der Waals surface area contributed by atoms with Crippen LogP contribution in [0.2, 0.25) is 10.0 Å². The van der Waals surface area contributed by atoms with Gasteiger partial charge >= 0.3 is 0 Å². The fourth-order valence-electron chi connectivity index (χ4n) is 3.29. The molecule has 2 aromatic rings. The molecule has 0 aromatic heterocycles. The number of carbonyl (C=O) groups is 1. The van der Waals surface area contributed by atoms with Crippen molar-refractivity contribution in [2.45, 2.75) is 18.7 Å². The zero-order valence-electron chi connectivity index (χ0n) is 16.6. The van der Waals surface area contributed by atoms with Crippen LogP contribution in [0.3, 0.4) is 0 Å². The lowest BCUT2D eigenvalue weighted by atomic mass is 10.3. The van der Waals surface area contributed by atoms with E-state index in [4.69, 9.17) is 32.9 Å². The molecule has 9 heteroatoms. The van der Waals surface area contributed by atoms with Gasteiger partial charge in [0.25, 0.3) is 5.91 Å². The van der Waals surface area contributed by atoms with Crippen molar-refractivity contribution in [2.75, 3.05) is 25.1 Å². The Morgan fingerprint density at radius 2 is 1.70 bits per heavy atom. The van der Waals surface area contributed by atoms with Crippen LogP contribution in [0.25, 0.3) is 0 Å². The summed E-state index contributed by atoms with van der Waals surface area (Å²) in [5, 5.41) is 2.75. The Morgan fingerprint density at radius 3 is 2.40 bits per heavy atom. The standard InChI is InChI=1S/C21H19Cl2N3O2S2/c1-4-25-15-11-13(23)7-9-17(15)29-20(25)18-19(27)26(5-2)21(30-18)24-14-10-12(22)6-8-16(14)28-3/h6-11H,4-5H2,1-3H3. The van der Waals surface area contributed by atoms with Crippen molar-refractivity contribution in [3.8, 4) is 5.75 Å². The van der Waals surface area contributed by atoms with E-state index in [-0.39, 0.29) is 5.91 Å². The number of likely N-dealkylation sites (N-methyl/N-ethyl adjacent to an activating group) is 1. The van der Waals surface area contributed by atoms with E-state index in [0.29, 0.717) is 38.1 Å². The number of aliphatic imine (C=N–C) groups is 1. The molecular formula is C21H19Cl2N3O2S2. The highest BCUT2D eigenvalue weighted by atomic mass is 35.5. The van der Waals surface area contributed by atoms with E-state index in [2.05, 4.69) is 11.8 Å². The van der Waals surface area contributed by atoms with E-state index < -0.39 is 0 Å². The van der Waals surface area contributed by atoms with Crippen LogP contribution in [-0.2, 0) is 4.79 Å². The molecule has 1 fully saturated rings. The fraction of sp³-hybridized carbons (Fsp3) is 0.238. The molecule has 0 spiro atoms. The van der Waals surface area contributed by atoms with Gasteiger partial charge in [0.15, 0.2) is 5.17 Å². The molecule has 0 radical (unpaired) electrons. The van der Waals surface area contributed by atoms with E-state index >= 15 is 0 Å². The number of nitrogens with zero attached hydrogens (tertiary/aromatic N) is 3. The number of benzene rings is 2. The van der Waals surface area contributed by atoms with Gasteiger partial charge in [-0.05, 0) is 62.0 Å². The number of carbonyl (C=O) groups excluding carboxylic acids is 1. The van der Waals surface area contributed by atoms with Crippen LogP contribution in [0.4, 0.5) is 11.4 Å². The maximum Gasteiger partial charge on any atom is 0.269 e. The molecule has 4 rings (SSSR count). The van der Waals surface area contributed by atoms with Crippen LogP contribution in [0.1, 0.15) is 13.8 Å². The van der Waals surface area contributed by atoms with E-state index in [1.807, 2.05) is 25.1 Å². The summed E-state index contributed by atoms with van der Waals surface area (Å²) in [5.74, 6) is 0.548. The maximum absolute atomic E-state index is 13.3. The molecule has 156 valence electrons. The molecular weight excluding hydrogens is 461 g/mol. The highest BCUT2D eigenvalue weighted by Gasteiger charge is 2.39. The third kappa shape index (κ3) is 3.80. The Hall–Kier alpha value is -1.80. The molecule has 0 aliphatic carbocycles. The summed E-state index contributed by atoms with van der Waals surface area (Å²) >= 11 is 15.3. The van der Waals surface area contributed by atoms with Gasteiger partial charge in [-0.2, -0.15) is 0 Å². The van der Waals surface area contributed by atoms with Crippen LogP contribution < -0.4 is 9.64 Å². The largest absolute Gasteiger partial charge is 0.494 e. The van der Waals surface area contributed by atoms with E-state index in [1.165, 1.54) is 11.8 Å². The van der Waals surface area contributed by atoms with Gasteiger partial charge in [-0.15, -0.1) is 0 Å². The predicted octanol–water partition coefficient (Wildman–Crippen LogP) is 6.39. The van der Waals surface area contributed by atoms with Gasteiger partial charge in [-0.3, -0.25) is 9.69 Å². The number of amidine groups is 1. The molecule has 2 aliphatic heterocycles. The molecule has 0 unspecified atom stereocenters. The first-order valence-corrected chi connectivity index (χ1v) is 11.8. The van der Waals surface area contributed by atoms with Crippen molar-refractivity contribution < 1.29 is 9.53 Å². The number of thioether (sulfide) groups is 2. The molecule has 30 heavy (non-hydrogen) atoms. The van der Waals surface area contributed by atoms with E-state index in [0.717, 1.165) is 22.2 Å². The number of hydrogen-bond donors (Lipinski definition) is 0. The topological polar surface area (TPSA) is 45.1 Å². The highest BCUT2D eigenvalue weighted by Crippen LogP contribution is 2.51. The van der Waals surface area contributed by atoms with Crippen LogP contribution in [-0.4, -0.2) is 36.2 Å². The summed E-state index contributed by atoms with van der Waals surface area (Å²) in [6.07, 6.45) is 0. The second-order valence-electron chi connectivity index (χ2n) is 6.45. The minimum atomic E-state index is -0.0536. The Labute approximate surface area is 194 Å². The summed E-state index contributed by atoms with van der Waals surface area (Å²) in [6, 6.07) is 11.1. The number of methoxy groups -OCH3 is 1. The zero-order valence-corrected chi connectivity index (χ0v) is 19.8. The molecule has 2 heterocycles. The quantitative estimate of drug-likeness (QED) is 0.475. The first kappa shape index (κ1) is 21.4. The number of fused-ring (bicyclic) bond motifs is 1. The molecule has 0 N–H and O–H groups in total. The van der Waals surface area contributed by atoms with Crippen molar-refractivity contribution in [2.24, 2.45) is 4.99 Å². The first-order valence-electron chi connectivity index (χ1n) is 9.38. The second-order valence-corrected chi connectivity index (χ2v) is 9.34. The van der Waals surface area contributed by atoms with Crippen LogP contribution in [0.15, 0.2) is 56.2 Å². The molecule has 0 saturated carbocycles. The molecule has 1 saturated heterocycles. The van der Waals surface area contributed by atoms with Gasteiger partial charge in [0.1, 0.15) is 21.4 Å². The Bertz CT molecular complexity index is 1090.